The maximum absolute atomic E-state index is 5.87. The second-order valence-electron chi connectivity index (χ2n) is 3.16. The van der Waals surface area contributed by atoms with Gasteiger partial charge in [-0.15, -0.1) is 0 Å². The molecule has 0 aliphatic carbocycles. The van der Waals surface area contributed by atoms with Crippen LogP contribution in [0.15, 0.2) is 0 Å². The van der Waals surface area contributed by atoms with Gasteiger partial charge in [0, 0.05) is 6.10 Å². The van der Waals surface area contributed by atoms with Crippen LogP contribution in [0, 0.1) is 0 Å². The first kappa shape index (κ1) is 13.1. The maximum atomic E-state index is 5.87. The topological polar surface area (TPSA) is 45.3 Å². The van der Waals surface area contributed by atoms with E-state index in [1.54, 1.807) is 0 Å². The summed E-state index contributed by atoms with van der Waals surface area (Å²) in [6.07, 6.45) is 0.234. The molecule has 80 valence electrons. The molecule has 5 heteroatoms. The molecule has 0 atom stereocenters. The molecule has 13 heavy (non-hydrogen) atoms. The Morgan fingerprint density at radius 2 is 1.62 bits per heavy atom. The van der Waals surface area contributed by atoms with Crippen LogP contribution in [0.1, 0.15) is 27.7 Å². The molecule has 0 aromatic rings. The molecule has 0 amide bonds. The highest BCUT2D eigenvalue weighted by Gasteiger charge is 2.34. The van der Waals surface area contributed by atoms with E-state index in [2.05, 4.69) is 28.8 Å². The van der Waals surface area contributed by atoms with Gasteiger partial charge in [0.15, 0.2) is 0 Å². The van der Waals surface area contributed by atoms with Gasteiger partial charge in [-0.05, 0) is 34.0 Å². The van der Waals surface area contributed by atoms with Gasteiger partial charge < -0.3 is 4.43 Å². The molecule has 0 heterocycles. The van der Waals surface area contributed by atoms with E-state index in [1.165, 1.54) is 0 Å². The Balaban J connectivity index is 4.24. The predicted octanol–water partition coefficient (Wildman–Crippen LogP) is 0.285. The van der Waals surface area contributed by atoms with Gasteiger partial charge in [0.25, 0.3) is 0 Å². The largest absolute Gasteiger partial charge is 0.440 e. The van der Waals surface area contributed by atoms with Crippen molar-refractivity contribution in [3.63, 3.8) is 0 Å². The van der Waals surface area contributed by atoms with Crippen molar-refractivity contribution < 1.29 is 4.43 Å². The molecule has 0 aromatic carbocycles. The van der Waals surface area contributed by atoms with Crippen molar-refractivity contribution in [1.82, 2.24) is 14.9 Å². The average Bonchev–Trinajstić information content (AvgIpc) is 2.04. The summed E-state index contributed by atoms with van der Waals surface area (Å²) in [6, 6.07) is 0. The lowest BCUT2D eigenvalue weighted by atomic mass is 10.5. The minimum atomic E-state index is -2.08. The molecule has 0 fully saturated rings. The van der Waals surface area contributed by atoms with Crippen molar-refractivity contribution in [2.45, 2.75) is 33.8 Å². The fourth-order valence-electron chi connectivity index (χ4n) is 1.23. The first-order valence-electron chi connectivity index (χ1n) is 4.97. The van der Waals surface area contributed by atoms with Crippen molar-refractivity contribution in [3.05, 3.63) is 0 Å². The van der Waals surface area contributed by atoms with Crippen LogP contribution < -0.4 is 14.9 Å². The fraction of sp³-hybridized carbons (Fsp3) is 1.00. The van der Waals surface area contributed by atoms with Gasteiger partial charge in [-0.25, -0.2) is 0 Å². The normalized spacial score (nSPS) is 12.5. The van der Waals surface area contributed by atoms with Crippen LogP contribution in [0.5, 0.6) is 0 Å². The molecule has 0 bridgehead atoms. The minimum absolute atomic E-state index is 0.234. The molecule has 0 unspecified atom stereocenters. The molecule has 0 aromatic heterocycles. The lowest BCUT2D eigenvalue weighted by Gasteiger charge is -2.32. The number of hydrogen-bond acceptors (Lipinski definition) is 4. The van der Waals surface area contributed by atoms with Crippen LogP contribution in [-0.2, 0) is 4.43 Å². The van der Waals surface area contributed by atoms with Crippen molar-refractivity contribution in [2.75, 3.05) is 20.1 Å². The van der Waals surface area contributed by atoms with Crippen LogP contribution in [0.2, 0.25) is 0 Å². The van der Waals surface area contributed by atoms with Crippen molar-refractivity contribution in [3.8, 4) is 0 Å². The summed E-state index contributed by atoms with van der Waals surface area (Å²) in [5, 5.41) is 0. The summed E-state index contributed by atoms with van der Waals surface area (Å²) in [6.45, 7) is 10.1. The van der Waals surface area contributed by atoms with Gasteiger partial charge in [0.1, 0.15) is 0 Å². The molecule has 0 spiro atoms. The molecular weight excluding hydrogens is 182 g/mol. The van der Waals surface area contributed by atoms with E-state index in [0.29, 0.717) is 0 Å². The number of rotatable bonds is 7. The van der Waals surface area contributed by atoms with E-state index in [1.807, 2.05) is 20.9 Å². The summed E-state index contributed by atoms with van der Waals surface area (Å²) in [7, 11) is -0.152. The van der Waals surface area contributed by atoms with E-state index >= 15 is 0 Å². The second-order valence-corrected chi connectivity index (χ2v) is 5.96. The maximum Gasteiger partial charge on any atom is 0.440 e. The van der Waals surface area contributed by atoms with Gasteiger partial charge in [0.05, 0.1) is 0 Å². The summed E-state index contributed by atoms with van der Waals surface area (Å²) in [5.41, 5.74) is 0. The Labute approximate surface area is 82.8 Å². The lowest BCUT2D eigenvalue weighted by molar-refractivity contribution is 0.204. The summed E-state index contributed by atoms with van der Waals surface area (Å²) >= 11 is 0. The van der Waals surface area contributed by atoms with Crippen LogP contribution >= 0.6 is 0 Å². The monoisotopic (exact) mass is 205 g/mol. The molecule has 0 radical (unpaired) electrons. The molecule has 0 saturated heterocycles. The summed E-state index contributed by atoms with van der Waals surface area (Å²) < 4.78 is 5.87. The van der Waals surface area contributed by atoms with Crippen LogP contribution in [-0.4, -0.2) is 35.0 Å². The van der Waals surface area contributed by atoms with E-state index < -0.39 is 8.80 Å². The first-order valence-corrected chi connectivity index (χ1v) is 6.87. The summed E-state index contributed by atoms with van der Waals surface area (Å²) in [4.78, 5) is 9.99. The zero-order valence-corrected chi connectivity index (χ0v) is 10.4. The zero-order chi connectivity index (χ0) is 10.3. The Morgan fingerprint density at radius 3 is 1.85 bits per heavy atom. The minimum Gasteiger partial charge on any atom is -0.378 e. The van der Waals surface area contributed by atoms with Crippen LogP contribution in [0.4, 0.5) is 0 Å². The molecule has 3 N–H and O–H groups in total. The van der Waals surface area contributed by atoms with Crippen molar-refractivity contribution in [1.29, 1.82) is 0 Å². The van der Waals surface area contributed by atoms with E-state index in [0.717, 1.165) is 13.1 Å². The second kappa shape index (κ2) is 6.50. The Bertz CT molecular complexity index is 127. The highest BCUT2D eigenvalue weighted by atomic mass is 28.4. The highest BCUT2D eigenvalue weighted by Crippen LogP contribution is 1.97. The van der Waals surface area contributed by atoms with Gasteiger partial charge >= 0.3 is 8.80 Å². The zero-order valence-electron chi connectivity index (χ0n) is 9.40. The van der Waals surface area contributed by atoms with Crippen molar-refractivity contribution in [2.24, 2.45) is 0 Å². The first-order chi connectivity index (χ1) is 6.10. The van der Waals surface area contributed by atoms with Crippen LogP contribution in [0.3, 0.4) is 0 Å². The Morgan fingerprint density at radius 1 is 1.15 bits per heavy atom. The lowest BCUT2D eigenvalue weighted by Crippen LogP contribution is -2.74. The van der Waals surface area contributed by atoms with Crippen molar-refractivity contribution >= 4 is 8.80 Å². The van der Waals surface area contributed by atoms with E-state index in [4.69, 9.17) is 4.43 Å². The van der Waals surface area contributed by atoms with E-state index in [9.17, 15) is 0 Å². The fourth-order valence-corrected chi connectivity index (χ4v) is 3.70. The Hall–Kier alpha value is 0.0569. The van der Waals surface area contributed by atoms with Gasteiger partial charge in [-0.3, -0.25) is 14.9 Å². The molecule has 0 saturated carbocycles. The molecule has 0 rings (SSSR count). The third kappa shape index (κ3) is 4.73. The quantitative estimate of drug-likeness (QED) is 0.523. The molecule has 0 aliphatic rings. The van der Waals surface area contributed by atoms with E-state index in [-0.39, 0.29) is 6.10 Å². The van der Waals surface area contributed by atoms with Gasteiger partial charge in [-0.1, -0.05) is 13.8 Å². The standard InChI is InChI=1S/C8H23N3OSi/c1-6-10-13(9-5,11-7-2)12-8(3)4/h8-11H,6-7H2,1-5H3. The highest BCUT2D eigenvalue weighted by molar-refractivity contribution is 6.66. The van der Waals surface area contributed by atoms with Crippen LogP contribution in [0.25, 0.3) is 0 Å². The summed E-state index contributed by atoms with van der Waals surface area (Å²) in [5.74, 6) is 0. The average molecular weight is 205 g/mol. The molecule has 0 aliphatic heterocycles. The number of nitrogens with one attached hydrogen (secondary N) is 3. The third-order valence-corrected chi connectivity index (χ3v) is 4.85. The van der Waals surface area contributed by atoms with Gasteiger partial charge in [-0.2, -0.15) is 0 Å². The Kier molecular flexibility index (Phi) is 6.53. The SMILES string of the molecule is CCN[Si](NC)(NCC)OC(C)C. The third-order valence-electron chi connectivity index (χ3n) is 1.62. The molecular formula is C8H23N3OSi. The predicted molar refractivity (Wildman–Crippen MR) is 58.4 cm³/mol. The molecule has 4 nitrogen and oxygen atoms in total. The smallest absolute Gasteiger partial charge is 0.378 e. The van der Waals surface area contributed by atoms with Gasteiger partial charge in [0.2, 0.25) is 0 Å². The number of hydrogen-bond donors (Lipinski definition) is 3.